The van der Waals surface area contributed by atoms with Crippen LogP contribution >= 0.6 is 0 Å². The number of hydrogen-bond acceptors (Lipinski definition) is 5. The first-order chi connectivity index (χ1) is 17.1. The SMILES string of the molecule is CCCCNC(=O)CC(CC(C)C)NC(=O)c1nn(CC(C)C)c(-c2c(OC)cccc2OC)c1C. The van der Waals surface area contributed by atoms with Crippen LogP contribution in [0.3, 0.4) is 0 Å². The molecule has 0 aliphatic carbocycles. The van der Waals surface area contributed by atoms with Crippen LogP contribution in [0.1, 0.15) is 76.4 Å². The Morgan fingerprint density at radius 3 is 2.22 bits per heavy atom. The molecule has 2 aromatic rings. The van der Waals surface area contributed by atoms with Gasteiger partial charge in [0.25, 0.3) is 5.91 Å². The third-order valence-electron chi connectivity index (χ3n) is 5.98. The fourth-order valence-electron chi connectivity index (χ4n) is 4.36. The molecule has 0 radical (unpaired) electrons. The Morgan fingerprint density at radius 2 is 1.69 bits per heavy atom. The van der Waals surface area contributed by atoms with Crippen LogP contribution in [0.5, 0.6) is 11.5 Å². The van der Waals surface area contributed by atoms with Crippen molar-refractivity contribution in [1.29, 1.82) is 0 Å². The summed E-state index contributed by atoms with van der Waals surface area (Å²) in [6, 6.07) is 5.34. The molecule has 8 heteroatoms. The molecule has 2 amide bonds. The van der Waals surface area contributed by atoms with E-state index in [2.05, 4.69) is 45.3 Å². The van der Waals surface area contributed by atoms with E-state index in [0.29, 0.717) is 48.5 Å². The molecular weight excluding hydrogens is 456 g/mol. The van der Waals surface area contributed by atoms with Crippen LogP contribution < -0.4 is 20.1 Å². The van der Waals surface area contributed by atoms with E-state index in [9.17, 15) is 9.59 Å². The molecule has 0 aliphatic rings. The molecule has 2 rings (SSSR count). The number of unbranched alkanes of at least 4 members (excludes halogenated alkanes) is 1. The maximum atomic E-state index is 13.5. The van der Waals surface area contributed by atoms with Gasteiger partial charge in [0.1, 0.15) is 11.5 Å². The number of aromatic nitrogens is 2. The molecule has 0 bridgehead atoms. The van der Waals surface area contributed by atoms with Gasteiger partial charge in [-0.1, -0.05) is 47.1 Å². The average molecular weight is 501 g/mol. The zero-order valence-corrected chi connectivity index (χ0v) is 23.2. The van der Waals surface area contributed by atoms with Crippen molar-refractivity contribution >= 4 is 11.8 Å². The minimum Gasteiger partial charge on any atom is -0.496 e. The first kappa shape index (κ1) is 29.2. The second-order valence-corrected chi connectivity index (χ2v) is 10.1. The highest BCUT2D eigenvalue weighted by molar-refractivity contribution is 5.96. The summed E-state index contributed by atoms with van der Waals surface area (Å²) in [5.74, 6) is 1.60. The zero-order chi connectivity index (χ0) is 26.8. The van der Waals surface area contributed by atoms with Crippen LogP contribution in [0.2, 0.25) is 0 Å². The number of ether oxygens (including phenoxy) is 2. The van der Waals surface area contributed by atoms with Gasteiger partial charge in [0.15, 0.2) is 5.69 Å². The van der Waals surface area contributed by atoms with Crippen molar-refractivity contribution in [1.82, 2.24) is 20.4 Å². The molecule has 0 spiro atoms. The Hall–Kier alpha value is -3.03. The van der Waals surface area contributed by atoms with Crippen LogP contribution in [0.15, 0.2) is 18.2 Å². The Kier molecular flexibility index (Phi) is 11.3. The van der Waals surface area contributed by atoms with Gasteiger partial charge in [-0.3, -0.25) is 14.3 Å². The Bertz CT molecular complexity index is 991. The van der Waals surface area contributed by atoms with Crippen LogP contribution in [-0.4, -0.2) is 48.4 Å². The van der Waals surface area contributed by atoms with Gasteiger partial charge in [0.05, 0.1) is 25.5 Å². The average Bonchev–Trinajstić information content (AvgIpc) is 3.12. The quantitative estimate of drug-likeness (QED) is 0.357. The monoisotopic (exact) mass is 500 g/mol. The summed E-state index contributed by atoms with van der Waals surface area (Å²) in [5, 5.41) is 10.8. The summed E-state index contributed by atoms with van der Waals surface area (Å²) < 4.78 is 13.2. The van der Waals surface area contributed by atoms with E-state index in [4.69, 9.17) is 14.6 Å². The number of methoxy groups -OCH3 is 2. The van der Waals surface area contributed by atoms with Gasteiger partial charge >= 0.3 is 0 Å². The highest BCUT2D eigenvalue weighted by Crippen LogP contribution is 2.40. The van der Waals surface area contributed by atoms with Gasteiger partial charge in [-0.25, -0.2) is 0 Å². The molecule has 1 unspecified atom stereocenters. The van der Waals surface area contributed by atoms with Crippen LogP contribution in [0, 0.1) is 18.8 Å². The van der Waals surface area contributed by atoms with Crippen molar-refractivity contribution in [2.45, 2.75) is 79.8 Å². The van der Waals surface area contributed by atoms with Crippen molar-refractivity contribution in [3.8, 4) is 22.8 Å². The van der Waals surface area contributed by atoms with Crippen LogP contribution in [0.4, 0.5) is 0 Å². The third-order valence-corrected chi connectivity index (χ3v) is 5.98. The molecule has 0 saturated heterocycles. The van der Waals surface area contributed by atoms with Crippen molar-refractivity contribution in [3.05, 3.63) is 29.5 Å². The van der Waals surface area contributed by atoms with Crippen LogP contribution in [-0.2, 0) is 11.3 Å². The minimum atomic E-state index is -0.280. The van der Waals surface area contributed by atoms with Gasteiger partial charge in [-0.15, -0.1) is 0 Å². The van der Waals surface area contributed by atoms with E-state index in [1.165, 1.54) is 0 Å². The molecule has 1 aromatic heterocycles. The van der Waals surface area contributed by atoms with Gasteiger partial charge in [-0.2, -0.15) is 5.10 Å². The maximum Gasteiger partial charge on any atom is 0.272 e. The lowest BCUT2D eigenvalue weighted by molar-refractivity contribution is -0.121. The maximum absolute atomic E-state index is 13.5. The standard InChI is InChI=1S/C28H44N4O4/c1-9-10-14-29-24(33)16-21(15-18(2)3)30-28(34)26-20(6)27(32(31-26)17-19(4)5)25-22(35-7)12-11-13-23(25)36-8/h11-13,18-19,21H,9-10,14-17H2,1-8H3,(H,29,33)(H,30,34). The predicted molar refractivity (Wildman–Crippen MR) is 144 cm³/mol. The summed E-state index contributed by atoms with van der Waals surface area (Å²) in [4.78, 5) is 26.0. The second kappa shape index (κ2) is 13.9. The Labute approximate surface area is 216 Å². The summed E-state index contributed by atoms with van der Waals surface area (Å²) in [7, 11) is 3.24. The molecule has 0 aliphatic heterocycles. The summed E-state index contributed by atoms with van der Waals surface area (Å²) in [6.45, 7) is 13.6. The highest BCUT2D eigenvalue weighted by Gasteiger charge is 2.27. The van der Waals surface area contributed by atoms with E-state index in [1.54, 1.807) is 14.2 Å². The smallest absolute Gasteiger partial charge is 0.272 e. The fourth-order valence-corrected chi connectivity index (χ4v) is 4.36. The summed E-state index contributed by atoms with van der Waals surface area (Å²) >= 11 is 0. The predicted octanol–water partition coefficient (Wildman–Crippen LogP) is 4.98. The lowest BCUT2D eigenvalue weighted by Crippen LogP contribution is -2.40. The van der Waals surface area contributed by atoms with E-state index in [1.807, 2.05) is 29.8 Å². The molecule has 8 nitrogen and oxygen atoms in total. The Balaban J connectivity index is 2.44. The number of nitrogens with zero attached hydrogens (tertiary/aromatic N) is 2. The number of hydrogen-bond donors (Lipinski definition) is 2. The van der Waals surface area contributed by atoms with E-state index in [-0.39, 0.29) is 24.3 Å². The molecule has 0 saturated carbocycles. The van der Waals surface area contributed by atoms with E-state index < -0.39 is 0 Å². The minimum absolute atomic E-state index is 0.0455. The zero-order valence-electron chi connectivity index (χ0n) is 23.2. The third kappa shape index (κ3) is 7.73. The van der Waals surface area contributed by atoms with Gasteiger partial charge < -0.3 is 20.1 Å². The molecule has 1 heterocycles. The number of carbonyl (C=O) groups is 2. The summed E-state index contributed by atoms with van der Waals surface area (Å²) in [5.41, 5.74) is 2.65. The lowest BCUT2D eigenvalue weighted by atomic mass is 10.00. The topological polar surface area (TPSA) is 94.5 Å². The van der Waals surface area contributed by atoms with Crippen LogP contribution in [0.25, 0.3) is 11.3 Å². The Morgan fingerprint density at radius 1 is 1.06 bits per heavy atom. The largest absolute Gasteiger partial charge is 0.496 e. The number of carbonyl (C=O) groups excluding carboxylic acids is 2. The van der Waals surface area contributed by atoms with Crippen molar-refractivity contribution < 1.29 is 19.1 Å². The number of benzene rings is 1. The van der Waals surface area contributed by atoms with Crippen molar-refractivity contribution in [3.63, 3.8) is 0 Å². The van der Waals surface area contributed by atoms with Gasteiger partial charge in [0, 0.05) is 31.1 Å². The first-order valence-electron chi connectivity index (χ1n) is 13.0. The molecule has 200 valence electrons. The van der Waals surface area contributed by atoms with Crippen molar-refractivity contribution in [2.24, 2.45) is 11.8 Å². The molecule has 36 heavy (non-hydrogen) atoms. The molecule has 0 fully saturated rings. The lowest BCUT2D eigenvalue weighted by Gasteiger charge is -2.20. The van der Waals surface area contributed by atoms with Crippen molar-refractivity contribution in [2.75, 3.05) is 20.8 Å². The molecule has 1 atom stereocenters. The van der Waals surface area contributed by atoms with E-state index >= 15 is 0 Å². The normalized spacial score (nSPS) is 12.1. The molecule has 1 aromatic carbocycles. The van der Waals surface area contributed by atoms with E-state index in [0.717, 1.165) is 29.7 Å². The number of nitrogens with one attached hydrogen (secondary N) is 2. The molecule has 2 N–H and O–H groups in total. The fraction of sp³-hybridized carbons (Fsp3) is 0.607. The first-order valence-corrected chi connectivity index (χ1v) is 13.0. The highest BCUT2D eigenvalue weighted by atomic mass is 16.5. The number of rotatable bonds is 14. The second-order valence-electron chi connectivity index (χ2n) is 10.1. The molecular formula is C28H44N4O4. The summed E-state index contributed by atoms with van der Waals surface area (Å²) in [6.07, 6.45) is 2.90. The number of amides is 2. The van der Waals surface area contributed by atoms with Gasteiger partial charge in [-0.05, 0) is 43.7 Å². The van der Waals surface area contributed by atoms with Gasteiger partial charge in [0.2, 0.25) is 5.91 Å².